The summed E-state index contributed by atoms with van der Waals surface area (Å²) in [5, 5.41) is 13.9. The fourth-order valence-corrected chi connectivity index (χ4v) is 3.31. The number of nitrogens with one attached hydrogen (secondary N) is 1. The van der Waals surface area contributed by atoms with Gasteiger partial charge in [0.15, 0.2) is 0 Å². The number of hydrogen-bond donors (Lipinski definition) is 2. The van der Waals surface area contributed by atoms with Crippen LogP contribution in [0.4, 0.5) is 11.4 Å². The SMILES string of the molecule is CN(C)c1ccc(NCC2(CO)CCCCC2)cc1Cl. The van der Waals surface area contributed by atoms with Gasteiger partial charge in [0.25, 0.3) is 0 Å². The molecule has 20 heavy (non-hydrogen) atoms. The maximum absolute atomic E-state index is 9.72. The molecule has 0 amide bonds. The van der Waals surface area contributed by atoms with Gasteiger partial charge in [-0.15, -0.1) is 0 Å². The molecule has 0 unspecified atom stereocenters. The molecule has 1 aromatic rings. The van der Waals surface area contributed by atoms with Gasteiger partial charge in [0.2, 0.25) is 0 Å². The van der Waals surface area contributed by atoms with Gasteiger partial charge in [-0.2, -0.15) is 0 Å². The van der Waals surface area contributed by atoms with E-state index < -0.39 is 0 Å². The molecule has 0 aliphatic heterocycles. The summed E-state index contributed by atoms with van der Waals surface area (Å²) in [6, 6.07) is 6.04. The Kier molecular flexibility index (Phi) is 5.17. The van der Waals surface area contributed by atoms with Crippen molar-refractivity contribution in [1.82, 2.24) is 0 Å². The molecule has 1 aliphatic rings. The topological polar surface area (TPSA) is 35.5 Å². The second kappa shape index (κ2) is 6.68. The van der Waals surface area contributed by atoms with Crippen molar-refractivity contribution < 1.29 is 5.11 Å². The van der Waals surface area contributed by atoms with Crippen molar-refractivity contribution in [2.45, 2.75) is 32.1 Å². The summed E-state index contributed by atoms with van der Waals surface area (Å²) in [6.07, 6.45) is 5.97. The summed E-state index contributed by atoms with van der Waals surface area (Å²) < 4.78 is 0. The Balaban J connectivity index is 2.01. The van der Waals surface area contributed by atoms with Crippen LogP contribution in [-0.4, -0.2) is 32.4 Å². The van der Waals surface area contributed by atoms with Gasteiger partial charge in [-0.1, -0.05) is 30.9 Å². The maximum atomic E-state index is 9.72. The molecule has 2 rings (SSSR count). The van der Waals surface area contributed by atoms with Crippen molar-refractivity contribution in [1.29, 1.82) is 0 Å². The first-order valence-corrected chi connectivity index (χ1v) is 7.76. The molecule has 112 valence electrons. The van der Waals surface area contributed by atoms with E-state index in [9.17, 15) is 5.11 Å². The van der Waals surface area contributed by atoms with E-state index in [4.69, 9.17) is 11.6 Å². The van der Waals surface area contributed by atoms with Crippen LogP contribution < -0.4 is 10.2 Å². The lowest BCUT2D eigenvalue weighted by Gasteiger charge is -2.36. The molecule has 1 saturated carbocycles. The molecule has 0 atom stereocenters. The van der Waals surface area contributed by atoms with Crippen LogP contribution in [0.2, 0.25) is 5.02 Å². The van der Waals surface area contributed by atoms with Gasteiger partial charge in [-0.25, -0.2) is 0 Å². The molecule has 0 aromatic heterocycles. The molecule has 0 spiro atoms. The molecule has 1 fully saturated rings. The van der Waals surface area contributed by atoms with Gasteiger partial charge < -0.3 is 15.3 Å². The first-order valence-electron chi connectivity index (χ1n) is 7.38. The van der Waals surface area contributed by atoms with Crippen LogP contribution >= 0.6 is 11.6 Å². The minimum Gasteiger partial charge on any atom is -0.396 e. The average Bonchev–Trinajstić information content (AvgIpc) is 2.46. The molecular weight excluding hydrogens is 272 g/mol. The fraction of sp³-hybridized carbons (Fsp3) is 0.625. The van der Waals surface area contributed by atoms with E-state index in [0.717, 1.165) is 35.8 Å². The first kappa shape index (κ1) is 15.5. The zero-order valence-electron chi connectivity index (χ0n) is 12.5. The van der Waals surface area contributed by atoms with Gasteiger partial charge >= 0.3 is 0 Å². The van der Waals surface area contributed by atoms with Crippen LogP contribution in [-0.2, 0) is 0 Å². The van der Waals surface area contributed by atoms with Gasteiger partial charge in [-0.3, -0.25) is 0 Å². The molecule has 1 aliphatic carbocycles. The van der Waals surface area contributed by atoms with Crippen LogP contribution in [0.25, 0.3) is 0 Å². The zero-order valence-corrected chi connectivity index (χ0v) is 13.2. The molecular formula is C16H25ClN2O. The average molecular weight is 297 g/mol. The Morgan fingerprint density at radius 2 is 1.95 bits per heavy atom. The second-order valence-corrected chi connectivity index (χ2v) is 6.54. The van der Waals surface area contributed by atoms with Crippen molar-refractivity contribution in [3.05, 3.63) is 23.2 Å². The lowest BCUT2D eigenvalue weighted by atomic mass is 9.74. The minimum atomic E-state index is 0.0466. The van der Waals surface area contributed by atoms with Crippen LogP contribution in [0, 0.1) is 5.41 Å². The summed E-state index contributed by atoms with van der Waals surface area (Å²) in [4.78, 5) is 2.00. The van der Waals surface area contributed by atoms with Gasteiger partial charge in [0.05, 0.1) is 17.3 Å². The molecule has 0 radical (unpaired) electrons. The third kappa shape index (κ3) is 3.58. The van der Waals surface area contributed by atoms with E-state index in [-0.39, 0.29) is 12.0 Å². The highest BCUT2D eigenvalue weighted by molar-refractivity contribution is 6.33. The Hall–Kier alpha value is -0.930. The van der Waals surface area contributed by atoms with E-state index in [1.807, 2.05) is 31.1 Å². The van der Waals surface area contributed by atoms with Gasteiger partial charge in [0, 0.05) is 31.7 Å². The number of benzene rings is 1. The Bertz CT molecular complexity index is 442. The zero-order chi connectivity index (χ0) is 14.6. The fourth-order valence-electron chi connectivity index (χ4n) is 2.96. The van der Waals surface area contributed by atoms with Crippen LogP contribution in [0.5, 0.6) is 0 Å². The van der Waals surface area contributed by atoms with Crippen molar-refractivity contribution in [3.8, 4) is 0 Å². The second-order valence-electron chi connectivity index (χ2n) is 6.13. The Labute approximate surface area is 126 Å². The van der Waals surface area contributed by atoms with Crippen molar-refractivity contribution in [3.63, 3.8) is 0 Å². The lowest BCUT2D eigenvalue weighted by molar-refractivity contribution is 0.0944. The normalized spacial score (nSPS) is 17.8. The van der Waals surface area contributed by atoms with Crippen molar-refractivity contribution in [2.24, 2.45) is 5.41 Å². The van der Waals surface area contributed by atoms with Crippen molar-refractivity contribution >= 4 is 23.0 Å². The smallest absolute Gasteiger partial charge is 0.0659 e. The number of anilines is 2. The quantitative estimate of drug-likeness (QED) is 0.868. The molecule has 2 N–H and O–H groups in total. The summed E-state index contributed by atoms with van der Waals surface area (Å²) in [5.41, 5.74) is 2.09. The summed E-state index contributed by atoms with van der Waals surface area (Å²) in [5.74, 6) is 0. The van der Waals surface area contributed by atoms with Crippen LogP contribution in [0.3, 0.4) is 0 Å². The molecule has 4 heteroatoms. The van der Waals surface area contributed by atoms with Gasteiger partial charge in [-0.05, 0) is 31.0 Å². The van der Waals surface area contributed by atoms with Crippen LogP contribution in [0.1, 0.15) is 32.1 Å². The van der Waals surface area contributed by atoms with Crippen molar-refractivity contribution in [2.75, 3.05) is 37.5 Å². The predicted octanol–water partition coefficient (Wildman–Crippen LogP) is 3.76. The minimum absolute atomic E-state index is 0.0466. The first-order chi connectivity index (χ1) is 9.56. The van der Waals surface area contributed by atoms with Crippen LogP contribution in [0.15, 0.2) is 18.2 Å². The highest BCUT2D eigenvalue weighted by Crippen LogP contribution is 2.36. The number of halogens is 1. The monoisotopic (exact) mass is 296 g/mol. The van der Waals surface area contributed by atoms with E-state index in [1.165, 1.54) is 19.3 Å². The number of aliphatic hydroxyl groups is 1. The highest BCUT2D eigenvalue weighted by atomic mass is 35.5. The maximum Gasteiger partial charge on any atom is 0.0659 e. The number of aliphatic hydroxyl groups excluding tert-OH is 1. The van der Waals surface area contributed by atoms with E-state index in [1.54, 1.807) is 0 Å². The molecule has 0 heterocycles. The molecule has 1 aromatic carbocycles. The number of rotatable bonds is 5. The Morgan fingerprint density at radius 3 is 2.50 bits per heavy atom. The molecule has 3 nitrogen and oxygen atoms in total. The lowest BCUT2D eigenvalue weighted by Crippen LogP contribution is -2.35. The molecule has 0 bridgehead atoms. The number of nitrogens with zero attached hydrogens (tertiary/aromatic N) is 1. The largest absolute Gasteiger partial charge is 0.396 e. The highest BCUT2D eigenvalue weighted by Gasteiger charge is 2.31. The predicted molar refractivity (Wildman–Crippen MR) is 86.9 cm³/mol. The van der Waals surface area contributed by atoms with Gasteiger partial charge in [0.1, 0.15) is 0 Å². The van der Waals surface area contributed by atoms with E-state index >= 15 is 0 Å². The third-order valence-electron chi connectivity index (χ3n) is 4.35. The van der Waals surface area contributed by atoms with E-state index in [2.05, 4.69) is 11.4 Å². The molecule has 0 saturated heterocycles. The Morgan fingerprint density at radius 1 is 1.25 bits per heavy atom. The standard InChI is InChI=1S/C16H25ClN2O/c1-19(2)15-7-6-13(10-14(15)17)18-11-16(12-20)8-4-3-5-9-16/h6-7,10,18,20H,3-5,8-9,11-12H2,1-2H3. The third-order valence-corrected chi connectivity index (χ3v) is 4.65. The summed E-state index contributed by atoms with van der Waals surface area (Å²) in [7, 11) is 3.97. The van der Waals surface area contributed by atoms with E-state index in [0.29, 0.717) is 0 Å². The number of hydrogen-bond acceptors (Lipinski definition) is 3. The summed E-state index contributed by atoms with van der Waals surface area (Å²) >= 11 is 6.28. The summed E-state index contributed by atoms with van der Waals surface area (Å²) in [6.45, 7) is 1.09.